The summed E-state index contributed by atoms with van der Waals surface area (Å²) >= 11 is 0. The van der Waals surface area contributed by atoms with Crippen molar-refractivity contribution < 1.29 is 9.21 Å². The lowest BCUT2D eigenvalue weighted by Gasteiger charge is -2.49. The van der Waals surface area contributed by atoms with Crippen LogP contribution in [-0.4, -0.2) is 18.1 Å². The maximum Gasteiger partial charge on any atom is 0.223 e. The van der Waals surface area contributed by atoms with Crippen molar-refractivity contribution in [1.29, 1.82) is 0 Å². The average Bonchev–Trinajstić information content (AvgIpc) is 3.05. The minimum absolute atomic E-state index is 0.0902. The lowest BCUT2D eigenvalue weighted by Crippen LogP contribution is -2.68. The molecule has 2 aliphatic heterocycles. The Labute approximate surface area is 142 Å². The van der Waals surface area contributed by atoms with Crippen molar-refractivity contribution >= 4 is 17.7 Å². The molecular weight excluding hydrogens is 300 g/mol. The lowest BCUT2D eigenvalue weighted by atomic mass is 9.74. The molecule has 1 saturated heterocycles. The molecule has 0 aliphatic carbocycles. The highest BCUT2D eigenvalue weighted by Gasteiger charge is 2.57. The Balaban J connectivity index is 1.85. The number of carbonyl (C=O) groups excluding carboxylic acids is 1. The van der Waals surface area contributed by atoms with Crippen molar-refractivity contribution in [1.82, 2.24) is 5.32 Å². The third-order valence-corrected chi connectivity index (χ3v) is 5.39. The SMILES string of the molecule is Cc1ccc(C=C[C@@]23NC(=O)CCN2c2ccccc2C3(C)C)o1. The summed E-state index contributed by atoms with van der Waals surface area (Å²) in [6.07, 6.45) is 4.57. The molecule has 0 bridgehead atoms. The fraction of sp³-hybridized carbons (Fsp3) is 0.350. The number of furan rings is 1. The molecule has 24 heavy (non-hydrogen) atoms. The molecule has 0 spiro atoms. The Morgan fingerprint density at radius 2 is 2.00 bits per heavy atom. The topological polar surface area (TPSA) is 45.5 Å². The molecule has 4 rings (SSSR count). The van der Waals surface area contributed by atoms with Crippen LogP contribution >= 0.6 is 0 Å². The molecule has 2 aliphatic rings. The molecule has 1 aromatic carbocycles. The summed E-state index contributed by atoms with van der Waals surface area (Å²) in [7, 11) is 0. The molecule has 1 fully saturated rings. The first-order valence-corrected chi connectivity index (χ1v) is 8.38. The van der Waals surface area contributed by atoms with Gasteiger partial charge in [0.1, 0.15) is 17.2 Å². The number of carbonyl (C=O) groups is 1. The first-order chi connectivity index (χ1) is 11.4. The van der Waals surface area contributed by atoms with Gasteiger partial charge in [-0.05, 0) is 42.8 Å². The zero-order valence-electron chi connectivity index (χ0n) is 14.3. The van der Waals surface area contributed by atoms with Crippen LogP contribution in [0.1, 0.15) is 37.4 Å². The minimum atomic E-state index is -0.577. The average molecular weight is 322 g/mol. The standard InChI is InChI=1S/C20H22N2O2/c1-14-8-9-15(24-14)10-12-20-19(2,3)16-6-4-5-7-17(16)22(20)13-11-18(23)21-20/h4-10,12H,11,13H2,1-3H3,(H,21,23)/t20-/m1/s1. The maximum absolute atomic E-state index is 12.3. The summed E-state index contributed by atoms with van der Waals surface area (Å²) in [5, 5.41) is 3.26. The van der Waals surface area contributed by atoms with Crippen LogP contribution in [-0.2, 0) is 10.2 Å². The summed E-state index contributed by atoms with van der Waals surface area (Å²) in [5.41, 5.74) is 1.63. The minimum Gasteiger partial charge on any atom is -0.462 e. The van der Waals surface area contributed by atoms with Crippen LogP contribution in [0.3, 0.4) is 0 Å². The van der Waals surface area contributed by atoms with E-state index in [1.807, 2.05) is 25.1 Å². The first-order valence-electron chi connectivity index (χ1n) is 8.38. The number of fused-ring (bicyclic) bond motifs is 3. The maximum atomic E-state index is 12.3. The molecule has 124 valence electrons. The van der Waals surface area contributed by atoms with Crippen LogP contribution in [0.2, 0.25) is 0 Å². The van der Waals surface area contributed by atoms with Crippen molar-refractivity contribution in [3.8, 4) is 0 Å². The van der Waals surface area contributed by atoms with E-state index in [4.69, 9.17) is 4.42 Å². The van der Waals surface area contributed by atoms with Crippen LogP contribution in [0.4, 0.5) is 5.69 Å². The van der Waals surface area contributed by atoms with Crippen LogP contribution in [0.5, 0.6) is 0 Å². The molecular formula is C20H22N2O2. The van der Waals surface area contributed by atoms with E-state index in [-0.39, 0.29) is 11.3 Å². The second-order valence-electron chi connectivity index (χ2n) is 7.14. The Morgan fingerprint density at radius 1 is 1.21 bits per heavy atom. The number of rotatable bonds is 2. The molecule has 0 radical (unpaired) electrons. The van der Waals surface area contributed by atoms with Gasteiger partial charge >= 0.3 is 0 Å². The molecule has 2 aromatic rings. The van der Waals surface area contributed by atoms with Crippen LogP contribution in [0.25, 0.3) is 6.08 Å². The number of hydrogen-bond donors (Lipinski definition) is 1. The number of amides is 1. The summed E-state index contributed by atoms with van der Waals surface area (Å²) in [6, 6.07) is 12.3. The van der Waals surface area contributed by atoms with Crippen LogP contribution in [0.15, 0.2) is 46.9 Å². The van der Waals surface area contributed by atoms with Gasteiger partial charge in [0.2, 0.25) is 5.91 Å². The predicted molar refractivity (Wildman–Crippen MR) is 94.8 cm³/mol. The van der Waals surface area contributed by atoms with E-state index in [2.05, 4.69) is 54.4 Å². The second-order valence-corrected chi connectivity index (χ2v) is 7.14. The van der Waals surface area contributed by atoms with Gasteiger partial charge in [0, 0.05) is 24.1 Å². The number of nitrogens with one attached hydrogen (secondary N) is 1. The Kier molecular flexibility index (Phi) is 3.14. The third kappa shape index (κ3) is 1.95. The molecule has 1 N–H and O–H groups in total. The smallest absolute Gasteiger partial charge is 0.223 e. The summed E-state index contributed by atoms with van der Waals surface area (Å²) in [6.45, 7) is 7.03. The molecule has 0 unspecified atom stereocenters. The van der Waals surface area contributed by atoms with Crippen molar-refractivity contribution in [2.45, 2.75) is 38.3 Å². The monoisotopic (exact) mass is 322 g/mol. The Bertz CT molecular complexity index is 834. The van der Waals surface area contributed by atoms with Crippen molar-refractivity contribution in [3.05, 3.63) is 59.6 Å². The van der Waals surface area contributed by atoms with E-state index in [0.717, 1.165) is 11.5 Å². The van der Waals surface area contributed by atoms with Gasteiger partial charge in [-0.1, -0.05) is 32.0 Å². The zero-order valence-corrected chi connectivity index (χ0v) is 14.3. The molecule has 3 heterocycles. The normalized spacial score (nSPS) is 24.8. The molecule has 1 atom stereocenters. The fourth-order valence-corrected chi connectivity index (χ4v) is 4.06. The summed E-state index contributed by atoms with van der Waals surface area (Å²) < 4.78 is 5.67. The van der Waals surface area contributed by atoms with E-state index >= 15 is 0 Å². The lowest BCUT2D eigenvalue weighted by molar-refractivity contribution is -0.124. The number of para-hydroxylation sites is 1. The van der Waals surface area contributed by atoms with Gasteiger partial charge in [-0.15, -0.1) is 0 Å². The molecule has 1 amide bonds. The third-order valence-electron chi connectivity index (χ3n) is 5.39. The van der Waals surface area contributed by atoms with Gasteiger partial charge in [-0.3, -0.25) is 4.79 Å². The highest BCUT2D eigenvalue weighted by atomic mass is 16.3. The van der Waals surface area contributed by atoms with E-state index in [0.29, 0.717) is 13.0 Å². The van der Waals surface area contributed by atoms with E-state index < -0.39 is 5.66 Å². The first kappa shape index (κ1) is 15.1. The number of nitrogens with zero attached hydrogens (tertiary/aromatic N) is 1. The van der Waals surface area contributed by atoms with Crippen LogP contribution < -0.4 is 10.2 Å². The van der Waals surface area contributed by atoms with E-state index in [1.165, 1.54) is 11.3 Å². The summed E-state index contributed by atoms with van der Waals surface area (Å²) in [4.78, 5) is 14.6. The highest BCUT2D eigenvalue weighted by molar-refractivity contribution is 5.84. The van der Waals surface area contributed by atoms with Crippen molar-refractivity contribution in [2.75, 3.05) is 11.4 Å². The fourth-order valence-electron chi connectivity index (χ4n) is 4.06. The number of hydrogen-bond acceptors (Lipinski definition) is 3. The number of aryl methyl sites for hydroxylation is 1. The molecule has 4 nitrogen and oxygen atoms in total. The Hall–Kier alpha value is -2.49. The van der Waals surface area contributed by atoms with Gasteiger partial charge in [0.05, 0.1) is 0 Å². The van der Waals surface area contributed by atoms with Gasteiger partial charge in [0.25, 0.3) is 0 Å². The van der Waals surface area contributed by atoms with Gasteiger partial charge in [0.15, 0.2) is 0 Å². The molecule has 0 saturated carbocycles. The largest absolute Gasteiger partial charge is 0.462 e. The quantitative estimate of drug-likeness (QED) is 0.918. The van der Waals surface area contributed by atoms with Gasteiger partial charge in [-0.25, -0.2) is 0 Å². The van der Waals surface area contributed by atoms with Gasteiger partial charge < -0.3 is 14.6 Å². The predicted octanol–water partition coefficient (Wildman–Crippen LogP) is 3.62. The van der Waals surface area contributed by atoms with Crippen molar-refractivity contribution in [2.24, 2.45) is 0 Å². The highest BCUT2D eigenvalue weighted by Crippen LogP contribution is 2.52. The van der Waals surface area contributed by atoms with E-state index in [1.54, 1.807) is 0 Å². The number of benzene rings is 1. The molecule has 4 heteroatoms. The molecule has 1 aromatic heterocycles. The zero-order chi connectivity index (χ0) is 16.9. The van der Waals surface area contributed by atoms with Crippen molar-refractivity contribution in [3.63, 3.8) is 0 Å². The van der Waals surface area contributed by atoms with E-state index in [9.17, 15) is 4.79 Å². The summed E-state index contributed by atoms with van der Waals surface area (Å²) in [5.74, 6) is 1.77. The number of anilines is 1. The van der Waals surface area contributed by atoms with Gasteiger partial charge in [-0.2, -0.15) is 0 Å². The Morgan fingerprint density at radius 3 is 2.75 bits per heavy atom. The van der Waals surface area contributed by atoms with Crippen LogP contribution in [0, 0.1) is 6.92 Å². The second kappa shape index (κ2) is 5.00.